The molecule has 3 rings (SSSR count). The molecule has 1 aromatic heterocycles. The number of halogens is 3. The minimum absolute atomic E-state index is 0.000723. The van der Waals surface area contributed by atoms with Crippen LogP contribution in [-0.2, 0) is 17.5 Å². The Morgan fingerprint density at radius 1 is 1.39 bits per heavy atom. The van der Waals surface area contributed by atoms with Crippen molar-refractivity contribution in [1.29, 1.82) is 0 Å². The van der Waals surface area contributed by atoms with Gasteiger partial charge in [0.2, 0.25) is 11.8 Å². The lowest BCUT2D eigenvalue weighted by molar-refractivity contribution is -0.138. The minimum atomic E-state index is -4.41. The SMILES string of the molecule is CC1CN(Cc2nc3cc(C(F)(F)F)ccc3o2)CC(=O)N1C. The van der Waals surface area contributed by atoms with Gasteiger partial charge in [-0.1, -0.05) is 0 Å². The fourth-order valence-electron chi connectivity index (χ4n) is 2.64. The van der Waals surface area contributed by atoms with Gasteiger partial charge in [-0.15, -0.1) is 0 Å². The molecular formula is C15H16F3N3O2. The van der Waals surface area contributed by atoms with Crippen molar-refractivity contribution < 1.29 is 22.4 Å². The molecule has 1 fully saturated rings. The molecule has 1 aromatic carbocycles. The molecule has 0 saturated carbocycles. The van der Waals surface area contributed by atoms with Crippen LogP contribution >= 0.6 is 0 Å². The van der Waals surface area contributed by atoms with Crippen LogP contribution in [0.2, 0.25) is 0 Å². The number of carbonyl (C=O) groups is 1. The maximum atomic E-state index is 12.7. The zero-order chi connectivity index (χ0) is 16.8. The van der Waals surface area contributed by atoms with Crippen LogP contribution in [0.4, 0.5) is 13.2 Å². The van der Waals surface area contributed by atoms with E-state index in [1.54, 1.807) is 11.9 Å². The summed E-state index contributed by atoms with van der Waals surface area (Å²) < 4.78 is 43.6. The van der Waals surface area contributed by atoms with Gasteiger partial charge in [-0.3, -0.25) is 9.69 Å². The van der Waals surface area contributed by atoms with E-state index in [-0.39, 0.29) is 24.0 Å². The molecular weight excluding hydrogens is 311 g/mol. The molecule has 2 heterocycles. The van der Waals surface area contributed by atoms with E-state index < -0.39 is 11.7 Å². The highest BCUT2D eigenvalue weighted by molar-refractivity contribution is 5.79. The molecule has 1 unspecified atom stereocenters. The first-order chi connectivity index (χ1) is 10.7. The lowest BCUT2D eigenvalue weighted by Crippen LogP contribution is -2.53. The molecule has 124 valence electrons. The summed E-state index contributed by atoms with van der Waals surface area (Å²) in [6.45, 7) is 3.13. The second-order valence-electron chi connectivity index (χ2n) is 5.81. The first kappa shape index (κ1) is 15.8. The summed E-state index contributed by atoms with van der Waals surface area (Å²) in [6.07, 6.45) is -4.41. The number of benzene rings is 1. The molecule has 0 radical (unpaired) electrons. The molecule has 0 spiro atoms. The quantitative estimate of drug-likeness (QED) is 0.850. The third kappa shape index (κ3) is 3.17. The van der Waals surface area contributed by atoms with Crippen LogP contribution in [-0.4, -0.2) is 46.9 Å². The Bertz CT molecular complexity index is 741. The molecule has 0 bridgehead atoms. The van der Waals surface area contributed by atoms with E-state index in [4.69, 9.17) is 4.42 Å². The number of carbonyl (C=O) groups excluding carboxylic acids is 1. The lowest BCUT2D eigenvalue weighted by atomic mass is 10.2. The van der Waals surface area contributed by atoms with Crippen LogP contribution in [0.3, 0.4) is 0 Å². The molecule has 1 saturated heterocycles. The zero-order valence-electron chi connectivity index (χ0n) is 12.7. The van der Waals surface area contributed by atoms with Crippen molar-refractivity contribution in [2.45, 2.75) is 25.7 Å². The van der Waals surface area contributed by atoms with Crippen LogP contribution < -0.4 is 0 Å². The van der Waals surface area contributed by atoms with Gasteiger partial charge in [0, 0.05) is 19.6 Å². The van der Waals surface area contributed by atoms with E-state index in [9.17, 15) is 18.0 Å². The Morgan fingerprint density at radius 3 is 2.78 bits per heavy atom. The fraction of sp³-hybridized carbons (Fsp3) is 0.467. The van der Waals surface area contributed by atoms with Gasteiger partial charge in [0.05, 0.1) is 18.7 Å². The number of alkyl halides is 3. The zero-order valence-corrected chi connectivity index (χ0v) is 12.7. The first-order valence-electron chi connectivity index (χ1n) is 7.18. The van der Waals surface area contributed by atoms with Gasteiger partial charge in [-0.25, -0.2) is 4.98 Å². The van der Waals surface area contributed by atoms with Crippen LogP contribution in [0.5, 0.6) is 0 Å². The average molecular weight is 327 g/mol. The molecule has 8 heteroatoms. The van der Waals surface area contributed by atoms with Crippen molar-refractivity contribution in [3.8, 4) is 0 Å². The number of likely N-dealkylation sites (N-methyl/N-ethyl adjacent to an activating group) is 1. The summed E-state index contributed by atoms with van der Waals surface area (Å²) >= 11 is 0. The maximum Gasteiger partial charge on any atom is 0.416 e. The number of amides is 1. The molecule has 1 amide bonds. The van der Waals surface area contributed by atoms with E-state index >= 15 is 0 Å². The molecule has 0 N–H and O–H groups in total. The average Bonchev–Trinajstić information content (AvgIpc) is 2.84. The predicted octanol–water partition coefficient (Wildman–Crippen LogP) is 2.51. The molecule has 23 heavy (non-hydrogen) atoms. The van der Waals surface area contributed by atoms with Gasteiger partial charge < -0.3 is 9.32 Å². The Balaban J connectivity index is 1.80. The maximum absolute atomic E-state index is 12.7. The number of aromatic nitrogens is 1. The van der Waals surface area contributed by atoms with Crippen molar-refractivity contribution in [1.82, 2.24) is 14.8 Å². The molecule has 1 aliphatic heterocycles. The Morgan fingerprint density at radius 2 is 2.13 bits per heavy atom. The normalized spacial score (nSPS) is 20.5. The Labute approximate surface area is 130 Å². The van der Waals surface area contributed by atoms with Crippen LogP contribution in [0.1, 0.15) is 18.4 Å². The monoisotopic (exact) mass is 327 g/mol. The standard InChI is InChI=1S/C15H16F3N3O2/c1-9-6-21(8-14(22)20(9)2)7-13-19-11-5-10(15(16,17)18)3-4-12(11)23-13/h3-5,9H,6-8H2,1-2H3. The van der Waals surface area contributed by atoms with Crippen molar-refractivity contribution in [3.05, 3.63) is 29.7 Å². The van der Waals surface area contributed by atoms with E-state index in [0.29, 0.717) is 24.6 Å². The number of rotatable bonds is 2. The molecule has 2 aromatic rings. The van der Waals surface area contributed by atoms with E-state index in [0.717, 1.165) is 12.1 Å². The van der Waals surface area contributed by atoms with Gasteiger partial charge in [0.1, 0.15) is 5.52 Å². The number of oxazole rings is 1. The summed E-state index contributed by atoms with van der Waals surface area (Å²) in [5.74, 6) is 0.308. The van der Waals surface area contributed by atoms with E-state index in [1.165, 1.54) is 6.07 Å². The second-order valence-corrected chi connectivity index (χ2v) is 5.81. The van der Waals surface area contributed by atoms with Crippen molar-refractivity contribution in [3.63, 3.8) is 0 Å². The Kier molecular flexibility index (Phi) is 3.79. The molecule has 5 nitrogen and oxygen atoms in total. The molecule has 1 aliphatic rings. The third-order valence-corrected chi connectivity index (χ3v) is 4.05. The summed E-state index contributed by atoms with van der Waals surface area (Å²) in [5, 5.41) is 0. The highest BCUT2D eigenvalue weighted by Gasteiger charge is 2.31. The number of hydrogen-bond donors (Lipinski definition) is 0. The van der Waals surface area contributed by atoms with Crippen LogP contribution in [0.15, 0.2) is 22.6 Å². The van der Waals surface area contributed by atoms with Crippen molar-refractivity contribution >= 4 is 17.0 Å². The topological polar surface area (TPSA) is 49.6 Å². The van der Waals surface area contributed by atoms with Crippen molar-refractivity contribution in [2.75, 3.05) is 20.1 Å². The second kappa shape index (κ2) is 5.52. The summed E-state index contributed by atoms with van der Waals surface area (Å²) in [7, 11) is 1.75. The van der Waals surface area contributed by atoms with Gasteiger partial charge >= 0.3 is 6.18 Å². The summed E-state index contributed by atoms with van der Waals surface area (Å²) in [5.41, 5.74) is -0.280. The molecule has 1 atom stereocenters. The van der Waals surface area contributed by atoms with Crippen LogP contribution in [0.25, 0.3) is 11.1 Å². The van der Waals surface area contributed by atoms with E-state index in [1.807, 2.05) is 11.8 Å². The van der Waals surface area contributed by atoms with Crippen molar-refractivity contribution in [2.24, 2.45) is 0 Å². The smallest absolute Gasteiger partial charge is 0.416 e. The van der Waals surface area contributed by atoms with Crippen LogP contribution in [0, 0.1) is 0 Å². The number of piperazine rings is 1. The highest BCUT2D eigenvalue weighted by Crippen LogP contribution is 2.31. The largest absolute Gasteiger partial charge is 0.439 e. The highest BCUT2D eigenvalue weighted by atomic mass is 19.4. The fourth-order valence-corrected chi connectivity index (χ4v) is 2.64. The summed E-state index contributed by atoms with van der Waals surface area (Å²) in [4.78, 5) is 19.5. The van der Waals surface area contributed by atoms with Gasteiger partial charge in [0.25, 0.3) is 0 Å². The number of nitrogens with zero attached hydrogens (tertiary/aromatic N) is 3. The third-order valence-electron chi connectivity index (χ3n) is 4.05. The Hall–Kier alpha value is -2.09. The van der Waals surface area contributed by atoms with Gasteiger partial charge in [0.15, 0.2) is 5.58 Å². The lowest BCUT2D eigenvalue weighted by Gasteiger charge is -2.36. The van der Waals surface area contributed by atoms with E-state index in [2.05, 4.69) is 4.98 Å². The first-order valence-corrected chi connectivity index (χ1v) is 7.18. The summed E-state index contributed by atoms with van der Waals surface area (Å²) in [6, 6.07) is 3.28. The molecule has 0 aliphatic carbocycles. The number of fused-ring (bicyclic) bond motifs is 1. The van der Waals surface area contributed by atoms with Gasteiger partial charge in [-0.05, 0) is 25.1 Å². The van der Waals surface area contributed by atoms with Gasteiger partial charge in [-0.2, -0.15) is 13.2 Å². The number of hydrogen-bond acceptors (Lipinski definition) is 4. The predicted molar refractivity (Wildman–Crippen MR) is 76.5 cm³/mol. The minimum Gasteiger partial charge on any atom is -0.439 e.